The van der Waals surface area contributed by atoms with Gasteiger partial charge in [0.2, 0.25) is 0 Å². The van der Waals surface area contributed by atoms with E-state index in [2.05, 4.69) is 11.8 Å². The molecule has 1 aliphatic rings. The maximum absolute atomic E-state index is 10.2. The molecule has 1 heterocycles. The summed E-state index contributed by atoms with van der Waals surface area (Å²) in [7, 11) is 3.28. The Hall–Kier alpha value is -0.970. The fourth-order valence-corrected chi connectivity index (χ4v) is 2.99. The van der Waals surface area contributed by atoms with E-state index in [1.54, 1.807) is 19.2 Å². The monoisotopic (exact) mass is 299 g/mol. The molecule has 1 aliphatic heterocycles. The van der Waals surface area contributed by atoms with Crippen molar-refractivity contribution in [3.8, 4) is 11.5 Å². The van der Waals surface area contributed by atoms with Gasteiger partial charge < -0.3 is 14.6 Å². The number of rotatable bonds is 4. The number of benzene rings is 1. The second kappa shape index (κ2) is 6.20. The van der Waals surface area contributed by atoms with Crippen molar-refractivity contribution in [3.05, 3.63) is 22.7 Å². The fraction of sp³-hybridized carbons (Fsp3) is 0.600. The van der Waals surface area contributed by atoms with Crippen molar-refractivity contribution < 1.29 is 14.6 Å². The predicted octanol–water partition coefficient (Wildman–Crippen LogP) is 3.06. The van der Waals surface area contributed by atoms with Crippen molar-refractivity contribution >= 4 is 11.6 Å². The van der Waals surface area contributed by atoms with Gasteiger partial charge in [0.15, 0.2) is 11.5 Å². The Bertz CT molecular complexity index is 480. The normalized spacial score (nSPS) is 23.8. The number of phenolic OH excluding ortho intramolecular Hbond substituents is 1. The second-order valence-electron chi connectivity index (χ2n) is 5.58. The average molecular weight is 300 g/mol. The third-order valence-corrected chi connectivity index (χ3v) is 4.18. The van der Waals surface area contributed by atoms with Gasteiger partial charge in [-0.3, -0.25) is 4.90 Å². The van der Waals surface area contributed by atoms with Crippen LogP contribution in [-0.4, -0.2) is 42.9 Å². The maximum Gasteiger partial charge on any atom is 0.162 e. The zero-order valence-corrected chi connectivity index (χ0v) is 13.0. The SMILES string of the molecule is COc1cc(Cl)cc(CN2CCCC(C)(OC)C2)c1O. The topological polar surface area (TPSA) is 41.9 Å². The molecule has 1 aromatic carbocycles. The van der Waals surface area contributed by atoms with Crippen LogP contribution in [-0.2, 0) is 11.3 Å². The van der Waals surface area contributed by atoms with Crippen molar-refractivity contribution in [1.29, 1.82) is 0 Å². The zero-order valence-electron chi connectivity index (χ0n) is 12.3. The lowest BCUT2D eigenvalue weighted by atomic mass is 9.94. The Balaban J connectivity index is 2.16. The van der Waals surface area contributed by atoms with E-state index in [1.165, 1.54) is 7.11 Å². The van der Waals surface area contributed by atoms with E-state index in [0.717, 1.165) is 31.5 Å². The lowest BCUT2D eigenvalue weighted by Crippen LogP contribution is -2.46. The van der Waals surface area contributed by atoms with E-state index in [-0.39, 0.29) is 11.4 Å². The molecule has 0 spiro atoms. The number of halogens is 1. The molecule has 1 saturated heterocycles. The van der Waals surface area contributed by atoms with E-state index in [0.29, 0.717) is 17.3 Å². The van der Waals surface area contributed by atoms with Crippen LogP contribution in [0.5, 0.6) is 11.5 Å². The number of nitrogens with zero attached hydrogens (tertiary/aromatic N) is 1. The van der Waals surface area contributed by atoms with Crippen LogP contribution in [0.25, 0.3) is 0 Å². The van der Waals surface area contributed by atoms with Crippen molar-refractivity contribution in [1.82, 2.24) is 4.90 Å². The molecular weight excluding hydrogens is 278 g/mol. The summed E-state index contributed by atoms with van der Waals surface area (Å²) in [4.78, 5) is 2.28. The lowest BCUT2D eigenvalue weighted by molar-refractivity contribution is -0.0528. The summed E-state index contributed by atoms with van der Waals surface area (Å²) in [6.07, 6.45) is 2.15. The van der Waals surface area contributed by atoms with Crippen LogP contribution >= 0.6 is 11.6 Å². The van der Waals surface area contributed by atoms with Gasteiger partial charge in [-0.1, -0.05) is 11.6 Å². The average Bonchev–Trinajstić information content (AvgIpc) is 2.42. The van der Waals surface area contributed by atoms with Crippen LogP contribution in [0.15, 0.2) is 12.1 Å². The Morgan fingerprint density at radius 3 is 2.80 bits per heavy atom. The van der Waals surface area contributed by atoms with Crippen LogP contribution < -0.4 is 4.74 Å². The van der Waals surface area contributed by atoms with E-state index in [1.807, 2.05) is 0 Å². The quantitative estimate of drug-likeness (QED) is 0.928. The molecule has 0 radical (unpaired) electrons. The summed E-state index contributed by atoms with van der Waals surface area (Å²) in [6.45, 7) is 4.60. The summed E-state index contributed by atoms with van der Waals surface area (Å²) in [5.74, 6) is 0.584. The first-order chi connectivity index (χ1) is 9.47. The lowest BCUT2D eigenvalue weighted by Gasteiger charge is -2.39. The Labute approximate surface area is 125 Å². The molecule has 0 saturated carbocycles. The maximum atomic E-state index is 10.2. The van der Waals surface area contributed by atoms with Crippen molar-refractivity contribution in [2.24, 2.45) is 0 Å². The molecule has 4 nitrogen and oxygen atoms in total. The molecule has 1 aromatic rings. The number of hydrogen-bond acceptors (Lipinski definition) is 4. The summed E-state index contributed by atoms with van der Waals surface area (Å²) in [5.41, 5.74) is 0.672. The highest BCUT2D eigenvalue weighted by Gasteiger charge is 2.31. The molecule has 1 unspecified atom stereocenters. The van der Waals surface area contributed by atoms with Crippen molar-refractivity contribution in [2.45, 2.75) is 31.9 Å². The molecule has 0 aromatic heterocycles. The Kier molecular flexibility index (Phi) is 4.78. The van der Waals surface area contributed by atoms with Gasteiger partial charge in [0.25, 0.3) is 0 Å². The minimum atomic E-state index is -0.115. The van der Waals surface area contributed by atoms with Gasteiger partial charge in [0, 0.05) is 36.9 Å². The number of piperidine rings is 1. The third-order valence-electron chi connectivity index (χ3n) is 3.96. The van der Waals surface area contributed by atoms with Gasteiger partial charge in [0.05, 0.1) is 12.7 Å². The van der Waals surface area contributed by atoms with Crippen molar-refractivity contribution in [2.75, 3.05) is 27.3 Å². The highest BCUT2D eigenvalue weighted by molar-refractivity contribution is 6.30. The first-order valence-electron chi connectivity index (χ1n) is 6.80. The molecule has 0 aliphatic carbocycles. The Morgan fingerprint density at radius 2 is 2.15 bits per heavy atom. The number of phenols is 1. The molecule has 20 heavy (non-hydrogen) atoms. The van der Waals surface area contributed by atoms with Gasteiger partial charge in [-0.25, -0.2) is 0 Å². The molecule has 112 valence electrons. The molecule has 1 atom stereocenters. The van der Waals surface area contributed by atoms with E-state index >= 15 is 0 Å². The molecule has 0 amide bonds. The zero-order chi connectivity index (χ0) is 14.8. The highest BCUT2D eigenvalue weighted by Crippen LogP contribution is 2.35. The number of likely N-dealkylation sites (tertiary alicyclic amines) is 1. The fourth-order valence-electron chi connectivity index (χ4n) is 2.75. The molecule has 0 bridgehead atoms. The Morgan fingerprint density at radius 1 is 1.40 bits per heavy atom. The van der Waals surface area contributed by atoms with Crippen LogP contribution in [0.3, 0.4) is 0 Å². The minimum absolute atomic E-state index is 0.115. The van der Waals surface area contributed by atoms with E-state index in [9.17, 15) is 5.11 Å². The first-order valence-corrected chi connectivity index (χ1v) is 7.18. The van der Waals surface area contributed by atoms with Gasteiger partial charge in [-0.15, -0.1) is 0 Å². The third kappa shape index (κ3) is 3.37. The van der Waals surface area contributed by atoms with Crippen LogP contribution in [0.2, 0.25) is 5.02 Å². The summed E-state index contributed by atoms with van der Waals surface area (Å²) >= 11 is 6.07. The number of hydrogen-bond donors (Lipinski definition) is 1. The van der Waals surface area contributed by atoms with E-state index < -0.39 is 0 Å². The summed E-state index contributed by atoms with van der Waals surface area (Å²) in [6, 6.07) is 3.41. The number of aromatic hydroxyl groups is 1. The first kappa shape index (κ1) is 15.4. The molecule has 2 rings (SSSR count). The minimum Gasteiger partial charge on any atom is -0.504 e. The number of methoxy groups -OCH3 is 2. The van der Waals surface area contributed by atoms with E-state index in [4.69, 9.17) is 21.1 Å². The van der Waals surface area contributed by atoms with Gasteiger partial charge in [-0.05, 0) is 32.4 Å². The van der Waals surface area contributed by atoms with Gasteiger partial charge in [-0.2, -0.15) is 0 Å². The highest BCUT2D eigenvalue weighted by atomic mass is 35.5. The molecule has 1 N–H and O–H groups in total. The van der Waals surface area contributed by atoms with Crippen LogP contribution in [0.4, 0.5) is 0 Å². The smallest absolute Gasteiger partial charge is 0.162 e. The number of ether oxygens (including phenoxy) is 2. The molecule has 5 heteroatoms. The van der Waals surface area contributed by atoms with Crippen LogP contribution in [0, 0.1) is 0 Å². The largest absolute Gasteiger partial charge is 0.504 e. The predicted molar refractivity (Wildman–Crippen MR) is 79.6 cm³/mol. The standard InChI is InChI=1S/C15H22ClNO3/c1-15(20-3)5-4-6-17(10-15)9-11-7-12(16)8-13(19-2)14(11)18/h7-8,18H,4-6,9-10H2,1-3H3. The molecular formula is C15H22ClNO3. The van der Waals surface area contributed by atoms with Crippen LogP contribution in [0.1, 0.15) is 25.3 Å². The second-order valence-corrected chi connectivity index (χ2v) is 6.02. The van der Waals surface area contributed by atoms with Gasteiger partial charge in [0.1, 0.15) is 0 Å². The summed E-state index contributed by atoms with van der Waals surface area (Å²) in [5, 5.41) is 10.8. The summed E-state index contributed by atoms with van der Waals surface area (Å²) < 4.78 is 10.7. The molecule has 1 fully saturated rings. The van der Waals surface area contributed by atoms with Crippen molar-refractivity contribution in [3.63, 3.8) is 0 Å². The van der Waals surface area contributed by atoms with Gasteiger partial charge >= 0.3 is 0 Å².